The summed E-state index contributed by atoms with van der Waals surface area (Å²) < 4.78 is 16.9. The summed E-state index contributed by atoms with van der Waals surface area (Å²) in [7, 11) is 0. The molecule has 0 N–H and O–H groups in total. The topological polar surface area (TPSA) is 78.9 Å². The van der Waals surface area contributed by atoms with Gasteiger partial charge in [0.15, 0.2) is 6.10 Å². The molecule has 0 aliphatic heterocycles. The van der Waals surface area contributed by atoms with Gasteiger partial charge in [0.2, 0.25) is 0 Å². The van der Waals surface area contributed by atoms with Crippen LogP contribution >= 0.6 is 0 Å². The third-order valence-electron chi connectivity index (χ3n) is 13.4. The highest BCUT2D eigenvalue weighted by Gasteiger charge is 2.19. The van der Waals surface area contributed by atoms with E-state index in [1.54, 1.807) is 0 Å². The number of unbranched alkanes of at least 4 members (excludes halogenated alkanes) is 38. The van der Waals surface area contributed by atoms with Crippen molar-refractivity contribution < 1.29 is 28.6 Å². The van der Waals surface area contributed by atoms with Crippen LogP contribution in [-0.2, 0) is 28.6 Å². The summed E-state index contributed by atoms with van der Waals surface area (Å²) in [6, 6.07) is 0. The van der Waals surface area contributed by atoms with Gasteiger partial charge in [-0.05, 0) is 57.8 Å². The Labute approximate surface area is 423 Å². The first-order valence-electron chi connectivity index (χ1n) is 30.0. The normalized spacial score (nSPS) is 12.2. The van der Waals surface area contributed by atoms with E-state index in [4.69, 9.17) is 14.2 Å². The van der Waals surface area contributed by atoms with E-state index in [0.29, 0.717) is 19.3 Å². The highest BCUT2D eigenvalue weighted by molar-refractivity contribution is 5.71. The van der Waals surface area contributed by atoms with Gasteiger partial charge in [0.05, 0.1) is 0 Å². The molecule has 0 aliphatic carbocycles. The van der Waals surface area contributed by atoms with Gasteiger partial charge in [0, 0.05) is 19.3 Å². The Morgan fingerprint density at radius 3 is 0.853 bits per heavy atom. The van der Waals surface area contributed by atoms with Crippen LogP contribution < -0.4 is 0 Å². The summed E-state index contributed by atoms with van der Waals surface area (Å²) in [4.78, 5) is 38.2. The van der Waals surface area contributed by atoms with Crippen molar-refractivity contribution in [3.63, 3.8) is 0 Å². The lowest BCUT2D eigenvalue weighted by molar-refractivity contribution is -0.167. The molecule has 0 radical (unpaired) electrons. The van der Waals surface area contributed by atoms with Crippen molar-refractivity contribution in [1.29, 1.82) is 0 Å². The zero-order chi connectivity index (χ0) is 49.3. The first-order valence-corrected chi connectivity index (χ1v) is 30.0. The molecular weight excluding hydrogens is 841 g/mol. The lowest BCUT2D eigenvalue weighted by Crippen LogP contribution is -2.30. The molecular formula is C62H114O6. The Hall–Kier alpha value is -2.37. The van der Waals surface area contributed by atoms with Gasteiger partial charge in [-0.2, -0.15) is 0 Å². The van der Waals surface area contributed by atoms with Crippen LogP contribution in [0.15, 0.2) is 36.5 Å². The molecule has 0 aromatic heterocycles. The minimum Gasteiger partial charge on any atom is -0.462 e. The van der Waals surface area contributed by atoms with Crippen molar-refractivity contribution >= 4 is 17.9 Å². The average Bonchev–Trinajstić information content (AvgIpc) is 3.34. The van der Waals surface area contributed by atoms with E-state index in [-0.39, 0.29) is 31.1 Å². The summed E-state index contributed by atoms with van der Waals surface area (Å²) in [6.45, 7) is 6.65. The van der Waals surface area contributed by atoms with Gasteiger partial charge in [-0.3, -0.25) is 14.4 Å². The van der Waals surface area contributed by atoms with Crippen molar-refractivity contribution in [3.8, 4) is 0 Å². The van der Waals surface area contributed by atoms with Gasteiger partial charge in [0.25, 0.3) is 0 Å². The summed E-state index contributed by atoms with van der Waals surface area (Å²) in [5.74, 6) is -0.877. The van der Waals surface area contributed by atoms with E-state index < -0.39 is 6.10 Å². The fourth-order valence-electron chi connectivity index (χ4n) is 8.86. The first-order chi connectivity index (χ1) is 33.5. The van der Waals surface area contributed by atoms with Gasteiger partial charge in [-0.15, -0.1) is 0 Å². The molecule has 0 fully saturated rings. The molecule has 6 heteroatoms. The van der Waals surface area contributed by atoms with Crippen molar-refractivity contribution in [2.75, 3.05) is 13.2 Å². The summed E-state index contributed by atoms with van der Waals surface area (Å²) in [5, 5.41) is 0. The van der Waals surface area contributed by atoms with Gasteiger partial charge in [-0.1, -0.05) is 282 Å². The van der Waals surface area contributed by atoms with E-state index in [2.05, 4.69) is 57.2 Å². The van der Waals surface area contributed by atoms with E-state index in [1.165, 1.54) is 199 Å². The largest absolute Gasteiger partial charge is 0.462 e. The molecule has 0 heterocycles. The smallest absolute Gasteiger partial charge is 0.306 e. The number of esters is 3. The molecule has 0 amide bonds. The van der Waals surface area contributed by atoms with Crippen molar-refractivity contribution in [1.82, 2.24) is 0 Å². The van der Waals surface area contributed by atoms with Gasteiger partial charge < -0.3 is 14.2 Å². The summed E-state index contributed by atoms with van der Waals surface area (Å²) >= 11 is 0. The Balaban J connectivity index is 4.35. The third-order valence-corrected chi connectivity index (χ3v) is 13.4. The van der Waals surface area contributed by atoms with Crippen LogP contribution in [0.4, 0.5) is 0 Å². The van der Waals surface area contributed by atoms with Crippen molar-refractivity contribution in [2.24, 2.45) is 0 Å². The number of carbonyl (C=O) groups is 3. The Morgan fingerprint density at radius 2 is 0.529 bits per heavy atom. The highest BCUT2D eigenvalue weighted by Crippen LogP contribution is 2.17. The number of rotatable bonds is 55. The molecule has 0 rings (SSSR count). The summed E-state index contributed by atoms with van der Waals surface area (Å²) in [6.07, 6.45) is 68.5. The average molecular weight is 956 g/mol. The monoisotopic (exact) mass is 955 g/mol. The molecule has 0 aromatic rings. The zero-order valence-corrected chi connectivity index (χ0v) is 45.6. The highest BCUT2D eigenvalue weighted by atomic mass is 16.6. The lowest BCUT2D eigenvalue weighted by Gasteiger charge is -2.18. The van der Waals surface area contributed by atoms with Crippen LogP contribution in [0.3, 0.4) is 0 Å². The number of hydrogen-bond acceptors (Lipinski definition) is 6. The maximum atomic E-state index is 12.9. The van der Waals surface area contributed by atoms with Crippen LogP contribution in [0, 0.1) is 0 Å². The Morgan fingerprint density at radius 1 is 0.294 bits per heavy atom. The molecule has 6 nitrogen and oxygen atoms in total. The maximum absolute atomic E-state index is 12.9. The van der Waals surface area contributed by atoms with Gasteiger partial charge in [0.1, 0.15) is 13.2 Å². The standard InChI is InChI=1S/C62H114O6/c1-4-7-10-13-16-19-22-25-28-30-31-33-34-37-40-43-46-49-52-55-61(64)67-58-59(57-66-60(63)54-51-48-45-42-39-36-27-24-21-18-15-12-9-6-3)68-62(65)56-53-50-47-44-41-38-35-32-29-26-23-20-17-14-11-8-5-2/h17,20,26,29,35,38,59H,4-16,18-19,21-25,27-28,30-34,36-37,39-58H2,1-3H3/b20-17-,29-26-,38-35-/t59-/m1/s1. The third kappa shape index (κ3) is 54.6. The van der Waals surface area contributed by atoms with Crippen LogP contribution in [0.1, 0.15) is 323 Å². The molecule has 0 bridgehead atoms. The molecule has 0 aliphatic rings. The Bertz CT molecular complexity index is 1140. The van der Waals surface area contributed by atoms with Gasteiger partial charge >= 0.3 is 17.9 Å². The second-order valence-corrected chi connectivity index (χ2v) is 20.3. The fraction of sp³-hybridized carbons (Fsp3) is 0.855. The van der Waals surface area contributed by atoms with E-state index in [0.717, 1.165) is 83.5 Å². The molecule has 0 spiro atoms. The van der Waals surface area contributed by atoms with Gasteiger partial charge in [-0.25, -0.2) is 0 Å². The number of ether oxygens (including phenoxy) is 3. The molecule has 68 heavy (non-hydrogen) atoms. The lowest BCUT2D eigenvalue weighted by atomic mass is 10.0. The van der Waals surface area contributed by atoms with Crippen molar-refractivity contribution in [2.45, 2.75) is 329 Å². The second-order valence-electron chi connectivity index (χ2n) is 20.3. The SMILES string of the molecule is CCCCC/C=C\C/C=C\C/C=C\CCCCCCC(=O)O[C@H](COC(=O)CCCCCCCCCCCCCCCC)COC(=O)CCCCCCCCCCCCCCCCCCCCC. The fourth-order valence-corrected chi connectivity index (χ4v) is 8.86. The predicted octanol–water partition coefficient (Wildman–Crippen LogP) is 20.0. The molecule has 0 aromatic carbocycles. The number of allylic oxidation sites excluding steroid dienone is 6. The van der Waals surface area contributed by atoms with E-state index in [1.807, 2.05) is 0 Å². The van der Waals surface area contributed by atoms with Crippen molar-refractivity contribution in [3.05, 3.63) is 36.5 Å². The predicted molar refractivity (Wildman–Crippen MR) is 293 cm³/mol. The number of hydrogen-bond donors (Lipinski definition) is 0. The second kappa shape index (κ2) is 57.2. The molecule has 0 unspecified atom stereocenters. The van der Waals surface area contributed by atoms with E-state index >= 15 is 0 Å². The molecule has 0 saturated carbocycles. The van der Waals surface area contributed by atoms with E-state index in [9.17, 15) is 14.4 Å². The number of carbonyl (C=O) groups excluding carboxylic acids is 3. The molecule has 398 valence electrons. The summed E-state index contributed by atoms with van der Waals surface area (Å²) in [5.41, 5.74) is 0. The zero-order valence-electron chi connectivity index (χ0n) is 45.6. The minimum absolute atomic E-state index is 0.0763. The molecule has 1 atom stereocenters. The van der Waals surface area contributed by atoms with Crippen LogP contribution in [0.25, 0.3) is 0 Å². The van der Waals surface area contributed by atoms with Crippen LogP contribution in [-0.4, -0.2) is 37.2 Å². The molecule has 0 saturated heterocycles. The maximum Gasteiger partial charge on any atom is 0.306 e. The Kier molecular flexibility index (Phi) is 55.2. The van der Waals surface area contributed by atoms with Crippen LogP contribution in [0.5, 0.6) is 0 Å². The first kappa shape index (κ1) is 65.6. The van der Waals surface area contributed by atoms with Crippen LogP contribution in [0.2, 0.25) is 0 Å². The quantitative estimate of drug-likeness (QED) is 0.0262. The minimum atomic E-state index is -0.780.